The first-order valence-corrected chi connectivity index (χ1v) is 7.38. The SMILES string of the molecule is CNCC(Cc1c(C)cccc1C)c1ccc(C)cc1. The second-order valence-electron chi connectivity index (χ2n) is 5.74. The minimum absolute atomic E-state index is 0.528. The summed E-state index contributed by atoms with van der Waals surface area (Å²) in [6.07, 6.45) is 1.10. The van der Waals surface area contributed by atoms with Crippen molar-refractivity contribution >= 4 is 0 Å². The summed E-state index contributed by atoms with van der Waals surface area (Å²) < 4.78 is 0. The zero-order valence-corrected chi connectivity index (χ0v) is 13.0. The number of nitrogens with one attached hydrogen (secondary N) is 1. The van der Waals surface area contributed by atoms with E-state index in [2.05, 4.69) is 68.6 Å². The average Bonchev–Trinajstić information content (AvgIpc) is 2.43. The van der Waals surface area contributed by atoms with Crippen molar-refractivity contribution in [2.75, 3.05) is 13.6 Å². The third-order valence-electron chi connectivity index (χ3n) is 4.09. The van der Waals surface area contributed by atoms with Gasteiger partial charge in [0.15, 0.2) is 0 Å². The standard InChI is InChI=1S/C19H25N/c1-14-8-10-17(11-9-14)18(13-20-4)12-19-15(2)6-5-7-16(19)3/h5-11,18,20H,12-13H2,1-4H3. The van der Waals surface area contributed by atoms with Crippen LogP contribution in [0, 0.1) is 20.8 Å². The van der Waals surface area contributed by atoms with Crippen LogP contribution in [0.15, 0.2) is 42.5 Å². The maximum absolute atomic E-state index is 3.34. The molecule has 2 aromatic rings. The first kappa shape index (κ1) is 14.8. The maximum atomic E-state index is 3.34. The number of likely N-dealkylation sites (N-methyl/N-ethyl adjacent to an activating group) is 1. The Hall–Kier alpha value is -1.60. The average molecular weight is 267 g/mol. The van der Waals surface area contributed by atoms with Gasteiger partial charge in [0.2, 0.25) is 0 Å². The molecule has 1 atom stereocenters. The van der Waals surface area contributed by atoms with Crippen molar-refractivity contribution in [2.45, 2.75) is 33.1 Å². The summed E-state index contributed by atoms with van der Waals surface area (Å²) in [6, 6.07) is 15.5. The van der Waals surface area contributed by atoms with E-state index in [9.17, 15) is 0 Å². The Morgan fingerprint density at radius 2 is 1.50 bits per heavy atom. The first-order valence-electron chi connectivity index (χ1n) is 7.38. The summed E-state index contributed by atoms with van der Waals surface area (Å²) in [7, 11) is 2.03. The molecule has 0 saturated carbocycles. The molecule has 20 heavy (non-hydrogen) atoms. The Labute approximate surface area is 123 Å². The number of aryl methyl sites for hydroxylation is 3. The Bertz CT molecular complexity index is 534. The minimum atomic E-state index is 0.528. The molecule has 0 bridgehead atoms. The molecule has 0 spiro atoms. The highest BCUT2D eigenvalue weighted by Crippen LogP contribution is 2.24. The zero-order valence-electron chi connectivity index (χ0n) is 13.0. The molecule has 0 amide bonds. The van der Waals surface area contributed by atoms with Crippen LogP contribution in [-0.2, 0) is 6.42 Å². The number of hydrogen-bond donors (Lipinski definition) is 1. The van der Waals surface area contributed by atoms with E-state index in [1.54, 1.807) is 0 Å². The van der Waals surface area contributed by atoms with Gasteiger partial charge in [0.05, 0.1) is 0 Å². The van der Waals surface area contributed by atoms with Crippen LogP contribution in [-0.4, -0.2) is 13.6 Å². The molecule has 2 aromatic carbocycles. The van der Waals surface area contributed by atoms with E-state index in [0.717, 1.165) is 13.0 Å². The van der Waals surface area contributed by atoms with Crippen LogP contribution < -0.4 is 5.32 Å². The quantitative estimate of drug-likeness (QED) is 0.858. The molecule has 0 saturated heterocycles. The lowest BCUT2D eigenvalue weighted by molar-refractivity contribution is 0.622. The molecule has 1 nitrogen and oxygen atoms in total. The van der Waals surface area contributed by atoms with Crippen LogP contribution in [0.2, 0.25) is 0 Å². The van der Waals surface area contributed by atoms with E-state index in [1.807, 2.05) is 7.05 Å². The van der Waals surface area contributed by atoms with E-state index in [0.29, 0.717) is 5.92 Å². The van der Waals surface area contributed by atoms with E-state index >= 15 is 0 Å². The third kappa shape index (κ3) is 3.49. The lowest BCUT2D eigenvalue weighted by Gasteiger charge is -2.20. The topological polar surface area (TPSA) is 12.0 Å². The summed E-state index contributed by atoms with van der Waals surface area (Å²) in [5.41, 5.74) is 7.04. The third-order valence-corrected chi connectivity index (χ3v) is 4.09. The highest BCUT2D eigenvalue weighted by atomic mass is 14.8. The van der Waals surface area contributed by atoms with Crippen LogP contribution >= 0.6 is 0 Å². The molecule has 0 aliphatic rings. The largest absolute Gasteiger partial charge is 0.319 e. The van der Waals surface area contributed by atoms with Crippen molar-refractivity contribution in [3.8, 4) is 0 Å². The normalized spacial score (nSPS) is 12.4. The van der Waals surface area contributed by atoms with Crippen LogP contribution in [0.5, 0.6) is 0 Å². The second kappa shape index (κ2) is 6.71. The van der Waals surface area contributed by atoms with E-state index in [-0.39, 0.29) is 0 Å². The lowest BCUT2D eigenvalue weighted by Crippen LogP contribution is -2.20. The Balaban J connectivity index is 2.28. The summed E-state index contributed by atoms with van der Waals surface area (Å²) in [5.74, 6) is 0.528. The van der Waals surface area contributed by atoms with Crippen LogP contribution in [0.3, 0.4) is 0 Å². The van der Waals surface area contributed by atoms with Crippen LogP contribution in [0.4, 0.5) is 0 Å². The van der Waals surface area contributed by atoms with E-state index in [1.165, 1.54) is 27.8 Å². The van der Waals surface area contributed by atoms with Gasteiger partial charge in [-0.15, -0.1) is 0 Å². The van der Waals surface area contributed by atoms with Gasteiger partial charge in [0.1, 0.15) is 0 Å². The van der Waals surface area contributed by atoms with Crippen LogP contribution in [0.1, 0.15) is 33.7 Å². The van der Waals surface area contributed by atoms with Gasteiger partial charge in [0.25, 0.3) is 0 Å². The molecule has 1 unspecified atom stereocenters. The molecule has 0 fully saturated rings. The van der Waals surface area contributed by atoms with Gasteiger partial charge in [-0.1, -0.05) is 48.0 Å². The van der Waals surface area contributed by atoms with Gasteiger partial charge in [-0.2, -0.15) is 0 Å². The molecular formula is C19H25N. The molecule has 0 aliphatic heterocycles. The molecule has 0 heterocycles. The highest BCUT2D eigenvalue weighted by molar-refractivity contribution is 5.36. The summed E-state index contributed by atoms with van der Waals surface area (Å²) >= 11 is 0. The van der Waals surface area contributed by atoms with Crippen LogP contribution in [0.25, 0.3) is 0 Å². The molecular weight excluding hydrogens is 242 g/mol. The number of rotatable bonds is 5. The highest BCUT2D eigenvalue weighted by Gasteiger charge is 2.14. The van der Waals surface area contributed by atoms with Crippen molar-refractivity contribution in [2.24, 2.45) is 0 Å². The smallest absolute Gasteiger partial charge is 0.00203 e. The lowest BCUT2D eigenvalue weighted by atomic mass is 9.88. The first-order chi connectivity index (χ1) is 9.61. The molecule has 106 valence electrons. The monoisotopic (exact) mass is 267 g/mol. The molecule has 1 heteroatoms. The maximum Gasteiger partial charge on any atom is 0.00203 e. The van der Waals surface area contributed by atoms with Gasteiger partial charge < -0.3 is 5.32 Å². The van der Waals surface area contributed by atoms with Gasteiger partial charge in [0, 0.05) is 12.5 Å². The molecule has 2 rings (SSSR count). The predicted molar refractivity (Wildman–Crippen MR) is 87.5 cm³/mol. The predicted octanol–water partition coefficient (Wildman–Crippen LogP) is 4.16. The van der Waals surface area contributed by atoms with Crippen molar-refractivity contribution in [1.82, 2.24) is 5.32 Å². The molecule has 0 aromatic heterocycles. The molecule has 0 aliphatic carbocycles. The van der Waals surface area contributed by atoms with E-state index in [4.69, 9.17) is 0 Å². The molecule has 0 radical (unpaired) electrons. The summed E-state index contributed by atoms with van der Waals surface area (Å²) in [6.45, 7) is 7.58. The zero-order chi connectivity index (χ0) is 14.5. The van der Waals surface area contributed by atoms with E-state index < -0.39 is 0 Å². The Morgan fingerprint density at radius 3 is 2.05 bits per heavy atom. The summed E-state index contributed by atoms with van der Waals surface area (Å²) in [5, 5.41) is 3.34. The number of hydrogen-bond acceptors (Lipinski definition) is 1. The fraction of sp³-hybridized carbons (Fsp3) is 0.368. The second-order valence-corrected chi connectivity index (χ2v) is 5.74. The Kier molecular flexibility index (Phi) is 4.97. The van der Waals surface area contributed by atoms with Gasteiger partial charge in [-0.25, -0.2) is 0 Å². The minimum Gasteiger partial charge on any atom is -0.319 e. The van der Waals surface area contributed by atoms with Crippen molar-refractivity contribution in [3.63, 3.8) is 0 Å². The van der Waals surface area contributed by atoms with Gasteiger partial charge in [-0.05, 0) is 56.5 Å². The van der Waals surface area contributed by atoms with Gasteiger partial charge in [-0.3, -0.25) is 0 Å². The fourth-order valence-corrected chi connectivity index (χ4v) is 2.81. The Morgan fingerprint density at radius 1 is 0.900 bits per heavy atom. The van der Waals surface area contributed by atoms with Crippen molar-refractivity contribution < 1.29 is 0 Å². The van der Waals surface area contributed by atoms with Crippen molar-refractivity contribution in [3.05, 3.63) is 70.3 Å². The fourth-order valence-electron chi connectivity index (χ4n) is 2.81. The van der Waals surface area contributed by atoms with Gasteiger partial charge >= 0.3 is 0 Å². The van der Waals surface area contributed by atoms with Crippen molar-refractivity contribution in [1.29, 1.82) is 0 Å². The number of benzene rings is 2. The molecule has 1 N–H and O–H groups in total. The summed E-state index contributed by atoms with van der Waals surface area (Å²) in [4.78, 5) is 0.